The maximum Gasteiger partial charge on any atom is 0.328 e. The van der Waals surface area contributed by atoms with E-state index in [9.17, 15) is 13.2 Å². The molecule has 1 aromatic rings. The molecule has 0 unspecified atom stereocenters. The van der Waals surface area contributed by atoms with E-state index in [4.69, 9.17) is 5.11 Å². The molecule has 21 heavy (non-hydrogen) atoms. The summed E-state index contributed by atoms with van der Waals surface area (Å²) >= 11 is 1.11. The molecule has 2 rings (SSSR count). The summed E-state index contributed by atoms with van der Waals surface area (Å²) in [5, 5.41) is 8.81. The van der Waals surface area contributed by atoms with Crippen molar-refractivity contribution < 1.29 is 18.3 Å². The molecule has 1 fully saturated rings. The van der Waals surface area contributed by atoms with Gasteiger partial charge in [-0.25, -0.2) is 18.2 Å². The second kappa shape index (κ2) is 7.04. The van der Waals surface area contributed by atoms with Crippen LogP contribution in [-0.2, 0) is 14.8 Å². The minimum absolute atomic E-state index is 0.132. The molecule has 1 saturated carbocycles. The summed E-state index contributed by atoms with van der Waals surface area (Å²) < 4.78 is 26.6. The number of thiazole rings is 1. The smallest absolute Gasteiger partial charge is 0.328 e. The van der Waals surface area contributed by atoms with Crippen molar-refractivity contribution in [1.82, 2.24) is 4.98 Å². The predicted octanol–water partition coefficient (Wildman–Crippen LogP) is 2.56. The van der Waals surface area contributed by atoms with Gasteiger partial charge in [0, 0.05) is 17.2 Å². The van der Waals surface area contributed by atoms with Crippen molar-refractivity contribution in [1.29, 1.82) is 0 Å². The Morgan fingerprint density at radius 2 is 2.14 bits per heavy atom. The lowest BCUT2D eigenvalue weighted by atomic mass is 9.91. The summed E-state index contributed by atoms with van der Waals surface area (Å²) in [7, 11) is -3.39. The van der Waals surface area contributed by atoms with Crippen LogP contribution in [-0.4, -0.2) is 30.2 Å². The molecule has 1 aliphatic rings. The van der Waals surface area contributed by atoms with E-state index in [2.05, 4.69) is 9.71 Å². The number of nitrogens with one attached hydrogen (secondary N) is 1. The van der Waals surface area contributed by atoms with Gasteiger partial charge in [0.2, 0.25) is 10.0 Å². The molecule has 6 nitrogen and oxygen atoms in total. The van der Waals surface area contributed by atoms with Crippen LogP contribution in [0.25, 0.3) is 6.08 Å². The number of carboxylic acid groups (broad SMARTS) is 1. The average molecular weight is 330 g/mol. The molecule has 0 amide bonds. The van der Waals surface area contributed by atoms with E-state index in [0.717, 1.165) is 43.1 Å². The number of hydrogen-bond acceptors (Lipinski definition) is 5. The summed E-state index contributed by atoms with van der Waals surface area (Å²) in [6.07, 6.45) is 9.14. The Bertz CT molecular complexity index is 616. The van der Waals surface area contributed by atoms with Crippen LogP contribution >= 0.6 is 11.3 Å². The first-order valence-corrected chi connectivity index (χ1v) is 9.29. The van der Waals surface area contributed by atoms with Gasteiger partial charge in [-0.2, -0.15) is 0 Å². The predicted molar refractivity (Wildman–Crippen MR) is 82.8 cm³/mol. The third-order valence-electron chi connectivity index (χ3n) is 3.34. The Morgan fingerprint density at radius 1 is 1.43 bits per heavy atom. The highest BCUT2D eigenvalue weighted by molar-refractivity contribution is 7.92. The van der Waals surface area contributed by atoms with Crippen molar-refractivity contribution in [2.45, 2.75) is 32.1 Å². The Labute approximate surface area is 128 Å². The highest BCUT2D eigenvalue weighted by Gasteiger charge is 2.22. The van der Waals surface area contributed by atoms with Crippen molar-refractivity contribution in [3.8, 4) is 0 Å². The topological polar surface area (TPSA) is 96.4 Å². The molecule has 0 radical (unpaired) electrons. The summed E-state index contributed by atoms with van der Waals surface area (Å²) in [5.74, 6) is -0.696. The zero-order chi connectivity index (χ0) is 15.3. The van der Waals surface area contributed by atoms with Crippen LogP contribution < -0.4 is 4.72 Å². The van der Waals surface area contributed by atoms with Gasteiger partial charge in [-0.05, 0) is 24.8 Å². The number of aromatic nitrogens is 1. The molecule has 1 aliphatic carbocycles. The maximum atomic E-state index is 12.1. The molecule has 0 aliphatic heterocycles. The largest absolute Gasteiger partial charge is 0.478 e. The third kappa shape index (κ3) is 5.47. The molecule has 0 atom stereocenters. The number of hydrogen-bond donors (Lipinski definition) is 2. The van der Waals surface area contributed by atoms with Crippen LogP contribution in [0.3, 0.4) is 0 Å². The Kier molecular flexibility index (Phi) is 5.35. The van der Waals surface area contributed by atoms with Gasteiger partial charge in [-0.1, -0.05) is 30.6 Å². The third-order valence-corrected chi connectivity index (χ3v) is 5.76. The van der Waals surface area contributed by atoms with Crippen LogP contribution in [0, 0.1) is 5.92 Å². The van der Waals surface area contributed by atoms with Gasteiger partial charge in [-0.3, -0.25) is 4.72 Å². The fraction of sp³-hybridized carbons (Fsp3) is 0.538. The standard InChI is InChI=1S/C13H18N2O4S2/c16-12(17)7-6-11-8-14-13(20-11)15-21(18,19)9-10-4-2-1-3-5-10/h6-8,10H,1-5,9H2,(H,14,15)(H,16,17). The molecule has 0 aromatic carbocycles. The number of aliphatic carboxylic acids is 1. The van der Waals surface area contributed by atoms with E-state index < -0.39 is 16.0 Å². The van der Waals surface area contributed by atoms with Crippen LogP contribution in [0.1, 0.15) is 37.0 Å². The molecule has 1 aromatic heterocycles. The fourth-order valence-electron chi connectivity index (χ4n) is 2.40. The molecule has 0 spiro atoms. The Morgan fingerprint density at radius 3 is 2.81 bits per heavy atom. The van der Waals surface area contributed by atoms with E-state index in [0.29, 0.717) is 4.88 Å². The zero-order valence-corrected chi connectivity index (χ0v) is 13.1. The van der Waals surface area contributed by atoms with Crippen molar-refractivity contribution in [3.05, 3.63) is 17.2 Å². The fourth-order valence-corrected chi connectivity index (χ4v) is 4.88. The van der Waals surface area contributed by atoms with Gasteiger partial charge in [0.25, 0.3) is 0 Å². The van der Waals surface area contributed by atoms with Crippen molar-refractivity contribution in [2.24, 2.45) is 5.92 Å². The van der Waals surface area contributed by atoms with Crippen LogP contribution in [0.4, 0.5) is 5.13 Å². The summed E-state index contributed by atoms with van der Waals surface area (Å²) in [5.41, 5.74) is 0. The lowest BCUT2D eigenvalue weighted by molar-refractivity contribution is -0.131. The van der Waals surface area contributed by atoms with Gasteiger partial charge in [-0.15, -0.1) is 0 Å². The van der Waals surface area contributed by atoms with Crippen LogP contribution in [0.2, 0.25) is 0 Å². The number of carboxylic acids is 1. The minimum atomic E-state index is -3.39. The SMILES string of the molecule is O=C(O)C=Cc1cnc(NS(=O)(=O)CC2CCCCC2)s1. The van der Waals surface area contributed by atoms with E-state index in [1.807, 2.05) is 0 Å². The monoisotopic (exact) mass is 330 g/mol. The van der Waals surface area contributed by atoms with E-state index in [1.54, 1.807) is 0 Å². The summed E-state index contributed by atoms with van der Waals surface area (Å²) in [6, 6.07) is 0. The zero-order valence-electron chi connectivity index (χ0n) is 11.5. The summed E-state index contributed by atoms with van der Waals surface area (Å²) in [6.45, 7) is 0. The quantitative estimate of drug-likeness (QED) is 0.781. The van der Waals surface area contributed by atoms with Crippen LogP contribution in [0.15, 0.2) is 12.3 Å². The van der Waals surface area contributed by atoms with Gasteiger partial charge in [0.1, 0.15) is 0 Å². The first-order chi connectivity index (χ1) is 9.94. The number of rotatable bonds is 6. The number of nitrogens with zero attached hydrogens (tertiary/aromatic N) is 1. The second-order valence-corrected chi connectivity index (χ2v) is 7.96. The molecule has 1 heterocycles. The van der Waals surface area contributed by atoms with Crippen LogP contribution in [0.5, 0.6) is 0 Å². The number of carbonyl (C=O) groups is 1. The molecule has 8 heteroatoms. The lowest BCUT2D eigenvalue weighted by Gasteiger charge is -2.21. The molecule has 2 N–H and O–H groups in total. The first kappa shape index (κ1) is 16.0. The van der Waals surface area contributed by atoms with E-state index in [1.165, 1.54) is 18.7 Å². The maximum absolute atomic E-state index is 12.1. The highest BCUT2D eigenvalue weighted by atomic mass is 32.2. The molecular formula is C13H18N2O4S2. The highest BCUT2D eigenvalue weighted by Crippen LogP contribution is 2.26. The van der Waals surface area contributed by atoms with Crippen molar-refractivity contribution in [3.63, 3.8) is 0 Å². The van der Waals surface area contributed by atoms with Gasteiger partial charge >= 0.3 is 5.97 Å². The molecule has 116 valence electrons. The normalized spacial score (nSPS) is 17.1. The van der Waals surface area contributed by atoms with Crippen molar-refractivity contribution in [2.75, 3.05) is 10.5 Å². The molecule has 0 bridgehead atoms. The number of anilines is 1. The second-order valence-electron chi connectivity index (χ2n) is 5.13. The minimum Gasteiger partial charge on any atom is -0.478 e. The first-order valence-electron chi connectivity index (χ1n) is 6.82. The van der Waals surface area contributed by atoms with Crippen molar-refractivity contribution >= 4 is 38.5 Å². The lowest BCUT2D eigenvalue weighted by Crippen LogP contribution is -2.24. The van der Waals surface area contributed by atoms with E-state index in [-0.39, 0.29) is 16.8 Å². The Hall–Kier alpha value is -1.41. The van der Waals surface area contributed by atoms with E-state index >= 15 is 0 Å². The summed E-state index contributed by atoms with van der Waals surface area (Å²) in [4.78, 5) is 15.0. The number of sulfonamides is 1. The van der Waals surface area contributed by atoms with Gasteiger partial charge < -0.3 is 5.11 Å². The van der Waals surface area contributed by atoms with Gasteiger partial charge in [0.05, 0.1) is 5.75 Å². The average Bonchev–Trinajstić information content (AvgIpc) is 2.83. The Balaban J connectivity index is 1.95. The molecular weight excluding hydrogens is 312 g/mol. The molecule has 0 saturated heterocycles. The van der Waals surface area contributed by atoms with Gasteiger partial charge in [0.15, 0.2) is 5.13 Å².